The third-order valence-electron chi connectivity index (χ3n) is 6.17. The number of ether oxygens (including phenoxy) is 3. The molecule has 1 atom stereocenters. The zero-order valence-corrected chi connectivity index (χ0v) is 20.8. The van der Waals surface area contributed by atoms with Crippen LogP contribution in [-0.4, -0.2) is 51.7 Å². The Bertz CT molecular complexity index is 1460. The summed E-state index contributed by atoms with van der Waals surface area (Å²) in [6, 6.07) is 13.2. The van der Waals surface area contributed by atoms with Gasteiger partial charge in [-0.05, 0) is 48.9 Å². The molecule has 188 valence electrons. The van der Waals surface area contributed by atoms with Crippen LogP contribution in [0.25, 0.3) is 17.2 Å². The number of nitrogens with one attached hydrogen (secondary N) is 1. The zero-order chi connectivity index (χ0) is 25.9. The summed E-state index contributed by atoms with van der Waals surface area (Å²) >= 11 is 0. The van der Waals surface area contributed by atoms with E-state index in [0.29, 0.717) is 29.6 Å². The van der Waals surface area contributed by atoms with E-state index >= 15 is 0 Å². The molecule has 1 N–H and O–H groups in total. The number of benzene rings is 2. The first-order valence-electron chi connectivity index (χ1n) is 11.7. The van der Waals surface area contributed by atoms with Crippen molar-refractivity contribution < 1.29 is 19.0 Å². The number of methoxy groups -OCH3 is 2. The monoisotopic (exact) mass is 498 g/mol. The maximum atomic E-state index is 12.8. The van der Waals surface area contributed by atoms with Crippen molar-refractivity contribution in [2.45, 2.75) is 19.3 Å². The average Bonchev–Trinajstić information content (AvgIpc) is 3.27. The summed E-state index contributed by atoms with van der Waals surface area (Å²) in [4.78, 5) is 17.5. The second-order valence-electron chi connectivity index (χ2n) is 8.44. The molecule has 0 saturated carbocycles. The number of amides is 1. The van der Waals surface area contributed by atoms with Crippen molar-refractivity contribution in [2.75, 3.05) is 26.1 Å². The van der Waals surface area contributed by atoms with Crippen molar-refractivity contribution in [2.24, 2.45) is 0 Å². The predicted molar refractivity (Wildman–Crippen MR) is 137 cm³/mol. The minimum Gasteiger partial charge on any atom is -0.497 e. The van der Waals surface area contributed by atoms with Crippen LogP contribution >= 0.6 is 0 Å². The second kappa shape index (κ2) is 10.1. The zero-order valence-electron chi connectivity index (χ0n) is 20.8. The lowest BCUT2D eigenvalue weighted by molar-refractivity contribution is -0.116. The molecule has 1 amide bonds. The van der Waals surface area contributed by atoms with Gasteiger partial charge in [0.25, 0.3) is 5.95 Å². The number of rotatable bonds is 8. The number of carbonyl (C=O) groups is 1. The van der Waals surface area contributed by atoms with Crippen LogP contribution in [0, 0.1) is 6.92 Å². The Morgan fingerprint density at radius 2 is 1.95 bits per heavy atom. The molecule has 3 heterocycles. The highest BCUT2D eigenvalue weighted by atomic mass is 16.5. The number of carbonyl (C=O) groups excluding carboxylic acids is 1. The molecule has 0 saturated heterocycles. The Hall–Kier alpha value is -4.73. The molecular weight excluding hydrogens is 472 g/mol. The van der Waals surface area contributed by atoms with Gasteiger partial charge in [-0.2, -0.15) is 14.9 Å². The highest BCUT2D eigenvalue weighted by Crippen LogP contribution is 2.42. The van der Waals surface area contributed by atoms with Gasteiger partial charge in [0.2, 0.25) is 5.91 Å². The van der Waals surface area contributed by atoms with Crippen LogP contribution in [0.1, 0.15) is 29.2 Å². The van der Waals surface area contributed by atoms with Crippen molar-refractivity contribution in [1.82, 2.24) is 25.0 Å². The van der Waals surface area contributed by atoms with Crippen LogP contribution in [0.4, 0.5) is 5.82 Å². The first kappa shape index (κ1) is 24.0. The third kappa shape index (κ3) is 4.61. The van der Waals surface area contributed by atoms with E-state index in [4.69, 9.17) is 14.2 Å². The van der Waals surface area contributed by atoms with E-state index in [1.54, 1.807) is 26.5 Å². The molecule has 2 aromatic heterocycles. The number of fused-ring (bicyclic) bond motifs is 1. The molecule has 0 bridgehead atoms. The summed E-state index contributed by atoms with van der Waals surface area (Å²) in [5, 5.41) is 16.0. The predicted octanol–water partition coefficient (Wildman–Crippen LogP) is 4.09. The Labute approximate surface area is 213 Å². The fourth-order valence-electron chi connectivity index (χ4n) is 4.43. The Balaban J connectivity index is 1.56. The minimum absolute atomic E-state index is 0.137. The van der Waals surface area contributed by atoms with E-state index in [2.05, 4.69) is 32.2 Å². The topological polar surface area (TPSA) is 113 Å². The normalized spacial score (nSPS) is 14.5. The summed E-state index contributed by atoms with van der Waals surface area (Å²) in [6.45, 7) is 5.94. The van der Waals surface area contributed by atoms with Crippen LogP contribution in [-0.2, 0) is 4.79 Å². The number of nitrogens with zero attached hydrogens (tertiary/aromatic N) is 5. The molecule has 2 aromatic carbocycles. The molecule has 1 aliphatic heterocycles. The molecule has 0 spiro atoms. The van der Waals surface area contributed by atoms with E-state index in [9.17, 15) is 4.79 Å². The lowest BCUT2D eigenvalue weighted by Crippen LogP contribution is -2.25. The highest BCUT2D eigenvalue weighted by Gasteiger charge is 2.34. The van der Waals surface area contributed by atoms with E-state index in [0.717, 1.165) is 28.1 Å². The first-order valence-corrected chi connectivity index (χ1v) is 11.7. The van der Waals surface area contributed by atoms with Crippen molar-refractivity contribution in [3.63, 3.8) is 0 Å². The average molecular weight is 499 g/mol. The minimum atomic E-state index is -0.243. The molecule has 4 aromatic rings. The SMILES string of the molecule is C=CCOc1cc([C@@H]2CC(=O)Nc3c2c(C)nn3-c2nncc(-c3ccc(OC)cc3)n2)ccc1OC. The van der Waals surface area contributed by atoms with Crippen LogP contribution < -0.4 is 19.5 Å². The molecule has 37 heavy (non-hydrogen) atoms. The van der Waals surface area contributed by atoms with E-state index < -0.39 is 0 Å². The van der Waals surface area contributed by atoms with Crippen LogP contribution in [0.5, 0.6) is 17.2 Å². The lowest BCUT2D eigenvalue weighted by atomic mass is 9.85. The van der Waals surface area contributed by atoms with E-state index in [1.807, 2.05) is 49.4 Å². The van der Waals surface area contributed by atoms with Crippen LogP contribution in [0.2, 0.25) is 0 Å². The fourth-order valence-corrected chi connectivity index (χ4v) is 4.43. The molecule has 0 radical (unpaired) electrons. The van der Waals surface area contributed by atoms with Gasteiger partial charge in [0.1, 0.15) is 18.2 Å². The number of aromatic nitrogens is 5. The second-order valence-corrected chi connectivity index (χ2v) is 8.44. The fraction of sp³-hybridized carbons (Fsp3) is 0.222. The summed E-state index contributed by atoms with van der Waals surface area (Å²) in [5.41, 5.74) is 4.01. The van der Waals surface area contributed by atoms with Crippen molar-refractivity contribution in [3.8, 4) is 34.5 Å². The first-order chi connectivity index (χ1) is 18.0. The molecular formula is C27H26N6O4. The third-order valence-corrected chi connectivity index (χ3v) is 6.17. The molecule has 10 nitrogen and oxygen atoms in total. The molecule has 1 aliphatic rings. The number of aryl methyl sites for hydroxylation is 1. The quantitative estimate of drug-likeness (QED) is 0.362. The summed E-state index contributed by atoms with van der Waals surface area (Å²) < 4.78 is 18.0. The number of hydrogen-bond donors (Lipinski definition) is 1. The number of anilines is 1. The van der Waals surface area contributed by atoms with Crippen molar-refractivity contribution >= 4 is 11.7 Å². The molecule has 0 fully saturated rings. The summed E-state index contributed by atoms with van der Waals surface area (Å²) in [5.74, 6) is 2.33. The lowest BCUT2D eigenvalue weighted by Gasteiger charge is -2.25. The standard InChI is InChI=1S/C27H26N6O4/c1-5-12-37-23-13-18(8-11-22(23)36-4)20-14-24(34)30-26-25(20)16(2)32-33(26)27-29-21(15-28-31-27)17-6-9-19(35-3)10-7-17/h5-11,13,15,20H,1,12,14H2,2-4H3,(H,30,34)/t20-/m0/s1. The van der Waals surface area contributed by atoms with E-state index in [1.165, 1.54) is 4.68 Å². The smallest absolute Gasteiger partial charge is 0.272 e. The summed E-state index contributed by atoms with van der Waals surface area (Å²) in [7, 11) is 3.20. The van der Waals surface area contributed by atoms with Gasteiger partial charge in [-0.25, -0.2) is 4.98 Å². The van der Waals surface area contributed by atoms with Gasteiger partial charge in [-0.3, -0.25) is 4.79 Å². The van der Waals surface area contributed by atoms with Gasteiger partial charge < -0.3 is 19.5 Å². The Morgan fingerprint density at radius 1 is 1.14 bits per heavy atom. The van der Waals surface area contributed by atoms with Crippen LogP contribution in [0.3, 0.4) is 0 Å². The van der Waals surface area contributed by atoms with Gasteiger partial charge >= 0.3 is 0 Å². The van der Waals surface area contributed by atoms with Crippen molar-refractivity contribution in [3.05, 3.63) is 78.1 Å². The van der Waals surface area contributed by atoms with Crippen molar-refractivity contribution in [1.29, 1.82) is 0 Å². The molecule has 0 aliphatic carbocycles. The van der Waals surface area contributed by atoms with Gasteiger partial charge in [0.15, 0.2) is 11.5 Å². The Morgan fingerprint density at radius 3 is 2.68 bits per heavy atom. The Kier molecular flexibility index (Phi) is 6.55. The van der Waals surface area contributed by atoms with E-state index in [-0.39, 0.29) is 24.2 Å². The summed E-state index contributed by atoms with van der Waals surface area (Å²) in [6.07, 6.45) is 3.51. The van der Waals surface area contributed by atoms with Gasteiger partial charge in [0.05, 0.1) is 31.8 Å². The van der Waals surface area contributed by atoms with Gasteiger partial charge in [-0.15, -0.1) is 5.10 Å². The largest absolute Gasteiger partial charge is 0.497 e. The molecule has 10 heteroatoms. The van der Waals surface area contributed by atoms with Crippen LogP contribution in [0.15, 0.2) is 61.3 Å². The van der Waals surface area contributed by atoms with Gasteiger partial charge in [-0.1, -0.05) is 18.7 Å². The maximum absolute atomic E-state index is 12.8. The molecule has 0 unspecified atom stereocenters. The molecule has 5 rings (SSSR count). The highest BCUT2D eigenvalue weighted by molar-refractivity contribution is 5.95. The maximum Gasteiger partial charge on any atom is 0.272 e. The number of hydrogen-bond acceptors (Lipinski definition) is 8. The van der Waals surface area contributed by atoms with Gasteiger partial charge in [0, 0.05) is 23.5 Å².